The Bertz CT molecular complexity index is 464. The summed E-state index contributed by atoms with van der Waals surface area (Å²) in [5.41, 5.74) is 0. The van der Waals surface area contributed by atoms with Crippen LogP contribution in [0.25, 0.3) is 0 Å². The summed E-state index contributed by atoms with van der Waals surface area (Å²) in [6, 6.07) is 0.995. The minimum atomic E-state index is -0.672. The van der Waals surface area contributed by atoms with Crippen molar-refractivity contribution < 1.29 is 4.21 Å². The van der Waals surface area contributed by atoms with Gasteiger partial charge in [0.15, 0.2) is 5.96 Å². The molecule has 1 aliphatic carbocycles. The second kappa shape index (κ2) is 8.63. The molecule has 3 saturated heterocycles. The number of rotatable bonds is 5. The van der Waals surface area contributed by atoms with E-state index in [9.17, 15) is 4.21 Å². The summed E-state index contributed by atoms with van der Waals surface area (Å²) in [5, 5.41) is 7.45. The van der Waals surface area contributed by atoms with Gasteiger partial charge in [0.25, 0.3) is 0 Å². The number of nitrogens with zero attached hydrogens (tertiary/aromatic N) is 3. The lowest BCUT2D eigenvalue weighted by Gasteiger charge is -2.47. The topological polar surface area (TPSA) is 60.0 Å². The summed E-state index contributed by atoms with van der Waals surface area (Å²) in [6.07, 6.45) is 4.43. The Morgan fingerprint density at radius 1 is 1.25 bits per heavy atom. The zero-order chi connectivity index (χ0) is 16.9. The monoisotopic (exact) mass is 355 g/mol. The van der Waals surface area contributed by atoms with Gasteiger partial charge in [0.05, 0.1) is 0 Å². The van der Waals surface area contributed by atoms with Crippen LogP contribution >= 0.6 is 0 Å². The second-order valence-electron chi connectivity index (χ2n) is 7.24. The normalized spacial score (nSPS) is 37.9. The van der Waals surface area contributed by atoms with E-state index in [4.69, 9.17) is 0 Å². The van der Waals surface area contributed by atoms with Crippen LogP contribution in [0.1, 0.15) is 32.6 Å². The van der Waals surface area contributed by atoms with Crippen molar-refractivity contribution in [2.24, 2.45) is 4.99 Å². The first-order valence-electron chi connectivity index (χ1n) is 9.50. The van der Waals surface area contributed by atoms with Crippen molar-refractivity contribution in [3.8, 4) is 0 Å². The Balaban J connectivity index is 1.45. The minimum absolute atomic E-state index is 0.354. The summed E-state index contributed by atoms with van der Waals surface area (Å²) in [6.45, 7) is 9.00. The van der Waals surface area contributed by atoms with E-state index >= 15 is 0 Å². The average Bonchev–Trinajstić information content (AvgIpc) is 2.65. The average molecular weight is 356 g/mol. The highest BCUT2D eigenvalue weighted by Crippen LogP contribution is 2.23. The maximum absolute atomic E-state index is 12.1. The molecular weight excluding hydrogens is 322 g/mol. The van der Waals surface area contributed by atoms with Crippen molar-refractivity contribution in [3.63, 3.8) is 0 Å². The fraction of sp³-hybridized carbons (Fsp3) is 0.941. The predicted octanol–water partition coefficient (Wildman–Crippen LogP) is 0.231. The summed E-state index contributed by atoms with van der Waals surface area (Å²) in [7, 11) is 1.17. The van der Waals surface area contributed by atoms with E-state index in [1.54, 1.807) is 0 Å². The van der Waals surface area contributed by atoms with Crippen molar-refractivity contribution in [2.75, 3.05) is 52.1 Å². The maximum Gasteiger partial charge on any atom is 0.191 e. The third-order valence-electron chi connectivity index (χ3n) is 5.74. The van der Waals surface area contributed by atoms with Crippen LogP contribution in [0.15, 0.2) is 4.99 Å². The third-order valence-corrected chi connectivity index (χ3v) is 7.48. The Morgan fingerprint density at radius 2 is 2.04 bits per heavy atom. The summed E-state index contributed by atoms with van der Waals surface area (Å²) in [4.78, 5) is 9.57. The molecule has 0 aromatic heterocycles. The van der Waals surface area contributed by atoms with Gasteiger partial charge in [-0.2, -0.15) is 0 Å². The summed E-state index contributed by atoms with van der Waals surface area (Å²) < 4.78 is 12.1. The Morgan fingerprint density at radius 3 is 2.67 bits per heavy atom. The standard InChI is InChI=1S/C17H33N5OS/c1-3-24(23)16-6-4-5-14(11-16)20-17(18-2)19-12-15-13-21-7-9-22(15)10-8-21/h14-16H,3-13H2,1-2H3,(H2,18,19,20). The Labute approximate surface area is 148 Å². The zero-order valence-corrected chi connectivity index (χ0v) is 16.0. The zero-order valence-electron chi connectivity index (χ0n) is 15.2. The van der Waals surface area contributed by atoms with Gasteiger partial charge in [-0.1, -0.05) is 13.3 Å². The van der Waals surface area contributed by atoms with Gasteiger partial charge in [-0.3, -0.25) is 19.0 Å². The number of fused-ring (bicyclic) bond motifs is 3. The number of hydrogen-bond acceptors (Lipinski definition) is 4. The van der Waals surface area contributed by atoms with Crippen LogP contribution in [-0.4, -0.2) is 89.4 Å². The highest BCUT2D eigenvalue weighted by molar-refractivity contribution is 7.85. The van der Waals surface area contributed by atoms with Crippen molar-refractivity contribution in [1.82, 2.24) is 20.4 Å². The first kappa shape index (κ1) is 18.1. The lowest BCUT2D eigenvalue weighted by Crippen LogP contribution is -2.64. The molecule has 4 fully saturated rings. The van der Waals surface area contributed by atoms with Crippen molar-refractivity contribution >= 4 is 16.8 Å². The molecule has 6 nitrogen and oxygen atoms in total. The highest BCUT2D eigenvalue weighted by Gasteiger charge is 2.32. The van der Waals surface area contributed by atoms with Crippen LogP contribution in [0.5, 0.6) is 0 Å². The number of piperazine rings is 3. The van der Waals surface area contributed by atoms with Crippen LogP contribution in [0.2, 0.25) is 0 Å². The smallest absolute Gasteiger partial charge is 0.191 e. The Kier molecular flexibility index (Phi) is 6.52. The number of hydrogen-bond donors (Lipinski definition) is 2. The Hall–Kier alpha value is -0.660. The maximum atomic E-state index is 12.1. The molecule has 1 saturated carbocycles. The van der Waals surface area contributed by atoms with Crippen molar-refractivity contribution in [2.45, 2.75) is 49.9 Å². The molecule has 2 bridgehead atoms. The van der Waals surface area contributed by atoms with Gasteiger partial charge < -0.3 is 10.6 Å². The molecule has 3 heterocycles. The molecule has 0 amide bonds. The number of aliphatic imine (C=N–C) groups is 1. The molecule has 4 unspecified atom stereocenters. The first-order chi connectivity index (χ1) is 11.7. The van der Waals surface area contributed by atoms with E-state index in [0.29, 0.717) is 17.3 Å². The first-order valence-corrected chi connectivity index (χ1v) is 10.9. The highest BCUT2D eigenvalue weighted by atomic mass is 32.2. The largest absolute Gasteiger partial charge is 0.355 e. The fourth-order valence-electron chi connectivity index (χ4n) is 4.27. The predicted molar refractivity (Wildman–Crippen MR) is 101 cm³/mol. The van der Waals surface area contributed by atoms with Crippen LogP contribution in [0, 0.1) is 0 Å². The van der Waals surface area contributed by atoms with Crippen molar-refractivity contribution in [1.29, 1.82) is 0 Å². The molecular formula is C17H33N5OS. The van der Waals surface area contributed by atoms with Crippen LogP contribution < -0.4 is 10.6 Å². The van der Waals surface area contributed by atoms with Crippen molar-refractivity contribution in [3.05, 3.63) is 0 Å². The minimum Gasteiger partial charge on any atom is -0.355 e. The molecule has 0 spiro atoms. The molecule has 0 aromatic rings. The SMILES string of the molecule is CCS(=O)C1CCCC(NC(=NC)NCC2CN3CCN2CC3)C1. The molecule has 0 radical (unpaired) electrons. The van der Waals surface area contributed by atoms with Gasteiger partial charge in [-0.05, 0) is 19.3 Å². The molecule has 4 rings (SSSR count). The second-order valence-corrected chi connectivity index (χ2v) is 9.25. The van der Waals surface area contributed by atoms with Gasteiger partial charge in [0.1, 0.15) is 0 Å². The fourth-order valence-corrected chi connectivity index (χ4v) is 5.62. The van der Waals surface area contributed by atoms with Gasteiger partial charge in [0.2, 0.25) is 0 Å². The third kappa shape index (κ3) is 4.49. The molecule has 7 heteroatoms. The van der Waals surface area contributed by atoms with E-state index in [1.165, 1.54) is 32.7 Å². The van der Waals surface area contributed by atoms with Crippen LogP contribution in [-0.2, 0) is 10.8 Å². The lowest BCUT2D eigenvalue weighted by atomic mass is 9.95. The molecule has 24 heavy (non-hydrogen) atoms. The van der Waals surface area contributed by atoms with Crippen LogP contribution in [0.4, 0.5) is 0 Å². The molecule has 0 aromatic carbocycles. The van der Waals surface area contributed by atoms with E-state index in [1.807, 2.05) is 14.0 Å². The van der Waals surface area contributed by atoms with E-state index in [2.05, 4.69) is 25.4 Å². The van der Waals surface area contributed by atoms with E-state index in [-0.39, 0.29) is 0 Å². The van der Waals surface area contributed by atoms with Gasteiger partial charge >= 0.3 is 0 Å². The van der Waals surface area contributed by atoms with Crippen LogP contribution in [0.3, 0.4) is 0 Å². The molecule has 4 atom stereocenters. The molecule has 3 aliphatic heterocycles. The quantitative estimate of drug-likeness (QED) is 0.546. The van der Waals surface area contributed by atoms with Gasteiger partial charge in [-0.15, -0.1) is 0 Å². The van der Waals surface area contributed by atoms with E-state index in [0.717, 1.165) is 43.9 Å². The summed E-state index contributed by atoms with van der Waals surface area (Å²) >= 11 is 0. The summed E-state index contributed by atoms with van der Waals surface area (Å²) in [5.74, 6) is 1.68. The molecule has 138 valence electrons. The molecule has 4 aliphatic rings. The van der Waals surface area contributed by atoms with Gasteiger partial charge in [0, 0.05) is 80.2 Å². The number of guanidine groups is 1. The van der Waals surface area contributed by atoms with Gasteiger partial charge in [-0.25, -0.2) is 0 Å². The van der Waals surface area contributed by atoms with E-state index < -0.39 is 10.8 Å². The lowest BCUT2D eigenvalue weighted by molar-refractivity contribution is 0.0154. The number of nitrogens with one attached hydrogen (secondary N) is 2. The molecule has 2 N–H and O–H groups in total.